The van der Waals surface area contributed by atoms with Gasteiger partial charge in [-0.3, -0.25) is 0 Å². The smallest absolute Gasteiger partial charge is 0.187 e. The maximum absolute atomic E-state index is 4.08. The molecule has 0 bridgehead atoms. The number of thioether (sulfide) groups is 1. The zero-order valence-electron chi connectivity index (χ0n) is 6.54. The van der Waals surface area contributed by atoms with Gasteiger partial charge in [-0.2, -0.15) is 0 Å². The first-order valence-electron chi connectivity index (χ1n) is 3.27. The van der Waals surface area contributed by atoms with Gasteiger partial charge in [0, 0.05) is 12.4 Å². The maximum Gasteiger partial charge on any atom is 0.187 e. The molecular weight excluding hydrogens is 236 g/mol. The van der Waals surface area contributed by atoms with Crippen molar-refractivity contribution in [2.45, 2.75) is 5.16 Å². The molecule has 0 spiro atoms. The standard InChI is InChI=1S/C8H7BrN2S/c1-12-8-10-5-7(6-11-8)3-2-4-9/h5-6H,4H2,1H3. The molecule has 0 saturated heterocycles. The Bertz CT molecular complexity index is 299. The lowest BCUT2D eigenvalue weighted by Crippen LogP contribution is -1.85. The van der Waals surface area contributed by atoms with E-state index in [4.69, 9.17) is 0 Å². The SMILES string of the molecule is CSc1ncc(C#CCBr)cn1. The van der Waals surface area contributed by atoms with Crippen molar-refractivity contribution in [3.63, 3.8) is 0 Å². The predicted molar refractivity (Wildman–Crippen MR) is 54.5 cm³/mol. The summed E-state index contributed by atoms with van der Waals surface area (Å²) in [6.07, 6.45) is 5.40. The number of halogens is 1. The summed E-state index contributed by atoms with van der Waals surface area (Å²) in [5.41, 5.74) is 0.854. The second kappa shape index (κ2) is 5.18. The molecule has 0 atom stereocenters. The van der Waals surface area contributed by atoms with E-state index in [1.807, 2.05) is 6.26 Å². The molecule has 0 N–H and O–H groups in total. The number of hydrogen-bond donors (Lipinski definition) is 0. The van der Waals surface area contributed by atoms with E-state index in [1.165, 1.54) is 11.8 Å². The summed E-state index contributed by atoms with van der Waals surface area (Å²) < 4.78 is 0. The zero-order chi connectivity index (χ0) is 8.81. The third-order valence-corrected chi connectivity index (χ3v) is 1.97. The lowest BCUT2D eigenvalue weighted by Gasteiger charge is -1.92. The van der Waals surface area contributed by atoms with Crippen LogP contribution < -0.4 is 0 Å². The number of aromatic nitrogens is 2. The first-order valence-corrected chi connectivity index (χ1v) is 5.62. The molecule has 0 saturated carbocycles. The van der Waals surface area contributed by atoms with Gasteiger partial charge in [0.1, 0.15) is 0 Å². The summed E-state index contributed by atoms with van der Waals surface area (Å²) in [6.45, 7) is 0. The van der Waals surface area contributed by atoms with Crippen LogP contribution in [-0.2, 0) is 0 Å². The Labute approximate surface area is 84.3 Å². The molecule has 62 valence electrons. The molecule has 1 aromatic heterocycles. The minimum atomic E-state index is 0.678. The quantitative estimate of drug-likeness (QED) is 0.326. The molecule has 0 radical (unpaired) electrons. The van der Waals surface area contributed by atoms with Gasteiger partial charge in [0.05, 0.1) is 10.9 Å². The van der Waals surface area contributed by atoms with E-state index in [9.17, 15) is 0 Å². The third-order valence-electron chi connectivity index (χ3n) is 1.11. The molecule has 4 heteroatoms. The molecule has 1 aromatic rings. The largest absolute Gasteiger partial charge is 0.230 e. The molecule has 0 aliphatic rings. The highest BCUT2D eigenvalue weighted by molar-refractivity contribution is 9.09. The van der Waals surface area contributed by atoms with Crippen molar-refractivity contribution in [2.75, 3.05) is 11.6 Å². The van der Waals surface area contributed by atoms with E-state index in [1.54, 1.807) is 12.4 Å². The van der Waals surface area contributed by atoms with Crippen LogP contribution in [0.5, 0.6) is 0 Å². The average Bonchev–Trinajstić information content (AvgIpc) is 2.15. The average molecular weight is 243 g/mol. The van der Waals surface area contributed by atoms with E-state index in [-0.39, 0.29) is 0 Å². The lowest BCUT2D eigenvalue weighted by atomic mass is 10.3. The lowest BCUT2D eigenvalue weighted by molar-refractivity contribution is 0.965. The van der Waals surface area contributed by atoms with Crippen LogP contribution in [0.4, 0.5) is 0 Å². The van der Waals surface area contributed by atoms with Gasteiger partial charge in [-0.05, 0) is 6.26 Å². The van der Waals surface area contributed by atoms with E-state index in [0.717, 1.165) is 10.7 Å². The van der Waals surface area contributed by atoms with Crippen LogP contribution in [0.15, 0.2) is 17.6 Å². The molecule has 0 aliphatic heterocycles. The van der Waals surface area contributed by atoms with Gasteiger partial charge in [0.2, 0.25) is 0 Å². The highest BCUT2D eigenvalue weighted by Crippen LogP contribution is 2.05. The number of alkyl halides is 1. The maximum atomic E-state index is 4.08. The summed E-state index contributed by atoms with van der Waals surface area (Å²) in [5, 5.41) is 1.46. The Balaban J connectivity index is 2.78. The van der Waals surface area contributed by atoms with Gasteiger partial charge in [0.25, 0.3) is 0 Å². The van der Waals surface area contributed by atoms with Crippen LogP contribution >= 0.6 is 27.7 Å². The molecule has 1 rings (SSSR count). The van der Waals surface area contributed by atoms with E-state index >= 15 is 0 Å². The Morgan fingerprint density at radius 3 is 2.67 bits per heavy atom. The van der Waals surface area contributed by atoms with Crippen molar-refractivity contribution in [3.05, 3.63) is 18.0 Å². The summed E-state index contributed by atoms with van der Waals surface area (Å²) >= 11 is 4.74. The minimum Gasteiger partial charge on any atom is -0.230 e. The molecule has 2 nitrogen and oxygen atoms in total. The first kappa shape index (κ1) is 9.56. The zero-order valence-corrected chi connectivity index (χ0v) is 8.94. The molecule has 0 amide bonds. The highest BCUT2D eigenvalue weighted by atomic mass is 79.9. The summed E-state index contributed by atoms with van der Waals surface area (Å²) in [6, 6.07) is 0. The summed E-state index contributed by atoms with van der Waals surface area (Å²) in [7, 11) is 0. The van der Waals surface area contributed by atoms with E-state index in [0.29, 0.717) is 5.33 Å². The van der Waals surface area contributed by atoms with Crippen LogP contribution in [0.25, 0.3) is 0 Å². The van der Waals surface area contributed by atoms with Crippen molar-refractivity contribution in [2.24, 2.45) is 0 Å². The van der Waals surface area contributed by atoms with Gasteiger partial charge in [0.15, 0.2) is 5.16 Å². The molecule has 0 fully saturated rings. The fraction of sp³-hybridized carbons (Fsp3) is 0.250. The molecule has 0 aromatic carbocycles. The summed E-state index contributed by atoms with van der Waals surface area (Å²) in [5.74, 6) is 5.80. The van der Waals surface area contributed by atoms with Crippen LogP contribution in [0.2, 0.25) is 0 Å². The Morgan fingerprint density at radius 1 is 1.50 bits per heavy atom. The van der Waals surface area contributed by atoms with Crippen LogP contribution in [-0.4, -0.2) is 21.6 Å². The minimum absolute atomic E-state index is 0.678. The Morgan fingerprint density at radius 2 is 2.17 bits per heavy atom. The Kier molecular flexibility index (Phi) is 4.12. The molecule has 0 aliphatic carbocycles. The molecule has 1 heterocycles. The van der Waals surface area contributed by atoms with Crippen molar-refractivity contribution < 1.29 is 0 Å². The normalized spacial score (nSPS) is 8.83. The van der Waals surface area contributed by atoms with Crippen LogP contribution in [0.3, 0.4) is 0 Å². The number of hydrogen-bond acceptors (Lipinski definition) is 3. The van der Waals surface area contributed by atoms with Crippen molar-refractivity contribution in [3.8, 4) is 11.8 Å². The monoisotopic (exact) mass is 242 g/mol. The van der Waals surface area contributed by atoms with Gasteiger partial charge in [-0.1, -0.05) is 39.5 Å². The first-order chi connectivity index (χ1) is 5.86. The second-order valence-electron chi connectivity index (χ2n) is 1.89. The van der Waals surface area contributed by atoms with Gasteiger partial charge in [-0.15, -0.1) is 0 Å². The van der Waals surface area contributed by atoms with Gasteiger partial charge >= 0.3 is 0 Å². The van der Waals surface area contributed by atoms with Crippen LogP contribution in [0.1, 0.15) is 5.56 Å². The van der Waals surface area contributed by atoms with Crippen molar-refractivity contribution >= 4 is 27.7 Å². The van der Waals surface area contributed by atoms with Gasteiger partial charge < -0.3 is 0 Å². The second-order valence-corrected chi connectivity index (χ2v) is 3.23. The third kappa shape index (κ3) is 2.84. The van der Waals surface area contributed by atoms with E-state index in [2.05, 4.69) is 37.7 Å². The van der Waals surface area contributed by atoms with Crippen molar-refractivity contribution in [1.29, 1.82) is 0 Å². The van der Waals surface area contributed by atoms with Crippen molar-refractivity contribution in [1.82, 2.24) is 9.97 Å². The fourth-order valence-corrected chi connectivity index (χ4v) is 1.08. The molecule has 12 heavy (non-hydrogen) atoms. The Hall–Kier alpha value is -0.530. The van der Waals surface area contributed by atoms with Gasteiger partial charge in [-0.25, -0.2) is 9.97 Å². The van der Waals surface area contributed by atoms with E-state index < -0.39 is 0 Å². The number of rotatable bonds is 1. The highest BCUT2D eigenvalue weighted by Gasteiger charge is 1.91. The number of nitrogens with zero attached hydrogens (tertiary/aromatic N) is 2. The fourth-order valence-electron chi connectivity index (χ4n) is 0.622. The topological polar surface area (TPSA) is 25.8 Å². The molecular formula is C8H7BrN2S. The van der Waals surface area contributed by atoms with Crippen LogP contribution in [0, 0.1) is 11.8 Å². The summed E-state index contributed by atoms with van der Waals surface area (Å²) in [4.78, 5) is 8.17. The predicted octanol–water partition coefficient (Wildman–Crippen LogP) is 1.94. The molecule has 0 unspecified atom stereocenters.